The van der Waals surface area contributed by atoms with E-state index in [1.165, 1.54) is 12.1 Å². The number of aromatic nitrogens is 3. The highest BCUT2D eigenvalue weighted by Gasteiger charge is 2.59. The zero-order valence-electron chi connectivity index (χ0n) is 28.7. The largest absolute Gasteiger partial charge is 0.444 e. The number of carbonyl (C=O) groups excluding carboxylic acids is 2. The number of pyridine rings is 1. The molecule has 2 amide bonds. The molecule has 2 saturated carbocycles. The Kier molecular flexibility index (Phi) is 8.02. The number of piperidine rings is 1. The number of anilines is 1. The lowest BCUT2D eigenvalue weighted by Gasteiger charge is -2.25. The fourth-order valence-corrected chi connectivity index (χ4v) is 8.08. The number of ether oxygens (including phenoxy) is 2. The zero-order valence-corrected chi connectivity index (χ0v) is 29.5. The number of thiophene rings is 1. The first-order chi connectivity index (χ1) is 23.6. The van der Waals surface area contributed by atoms with E-state index in [1.807, 2.05) is 20.8 Å². The van der Waals surface area contributed by atoms with Crippen molar-refractivity contribution in [2.24, 2.45) is 11.8 Å². The average Bonchev–Trinajstić information content (AvgIpc) is 3.83. The van der Waals surface area contributed by atoms with E-state index in [-0.39, 0.29) is 80.2 Å². The van der Waals surface area contributed by atoms with Crippen molar-refractivity contribution in [2.75, 3.05) is 18.4 Å². The molecule has 11 nitrogen and oxygen atoms in total. The molecule has 1 aromatic carbocycles. The molecule has 3 aliphatic rings. The normalized spacial score (nSPS) is 20.0. The monoisotopic (exact) mass is 701 g/mol. The van der Waals surface area contributed by atoms with Crippen molar-refractivity contribution in [3.05, 3.63) is 40.7 Å². The average molecular weight is 702 g/mol. The molecule has 2 unspecified atom stereocenters. The fraction of sp³-hybridized carbons (Fsp3) is 0.500. The van der Waals surface area contributed by atoms with E-state index in [0.717, 1.165) is 29.9 Å². The molecule has 260 valence electrons. The second-order valence-corrected chi connectivity index (χ2v) is 16.3. The summed E-state index contributed by atoms with van der Waals surface area (Å²) in [7, 11) is 0. The summed E-state index contributed by atoms with van der Waals surface area (Å²) in [6.45, 7) is 11.6. The zero-order chi connectivity index (χ0) is 35.9. The van der Waals surface area contributed by atoms with Crippen LogP contribution in [0.4, 0.5) is 23.4 Å². The van der Waals surface area contributed by atoms with Crippen LogP contribution in [0.3, 0.4) is 0 Å². The lowest BCUT2D eigenvalue weighted by atomic mass is 9.99. The van der Waals surface area contributed by atoms with Gasteiger partial charge in [-0.05, 0) is 78.4 Å². The minimum absolute atomic E-state index is 0.00893. The van der Waals surface area contributed by atoms with Crippen molar-refractivity contribution in [3.8, 4) is 23.4 Å². The molecule has 7 rings (SSSR count). The van der Waals surface area contributed by atoms with Gasteiger partial charge in [0.15, 0.2) is 5.82 Å². The lowest BCUT2D eigenvalue weighted by Crippen LogP contribution is -2.36. The molecule has 0 radical (unpaired) electrons. The van der Waals surface area contributed by atoms with Gasteiger partial charge in [-0.1, -0.05) is 0 Å². The predicted octanol–water partition coefficient (Wildman–Crippen LogP) is 8.18. The number of aryl methyl sites for hydroxylation is 1. The number of hydrogen-bond donors (Lipinski definition) is 1. The van der Waals surface area contributed by atoms with E-state index in [2.05, 4.69) is 17.5 Å². The van der Waals surface area contributed by atoms with Gasteiger partial charge in [0, 0.05) is 48.2 Å². The number of halogens is 2. The van der Waals surface area contributed by atoms with Crippen molar-refractivity contribution in [2.45, 2.75) is 90.4 Å². The summed E-state index contributed by atoms with van der Waals surface area (Å²) >= 11 is 0.857. The van der Waals surface area contributed by atoms with E-state index in [9.17, 15) is 20.1 Å². The molecular formula is C36H37F2N7O4S. The van der Waals surface area contributed by atoms with Crippen molar-refractivity contribution in [1.82, 2.24) is 19.7 Å². The molecule has 1 saturated heterocycles. The summed E-state index contributed by atoms with van der Waals surface area (Å²) in [6.07, 6.45) is 0.829. The molecule has 4 aromatic rings. The van der Waals surface area contributed by atoms with Crippen LogP contribution < -0.4 is 5.32 Å². The maximum absolute atomic E-state index is 17.2. The molecule has 2 aliphatic carbocycles. The highest BCUT2D eigenvalue weighted by molar-refractivity contribution is 7.23. The van der Waals surface area contributed by atoms with Crippen LogP contribution in [0.1, 0.15) is 89.7 Å². The van der Waals surface area contributed by atoms with Gasteiger partial charge in [0.2, 0.25) is 0 Å². The topological polar surface area (TPSA) is 146 Å². The predicted molar refractivity (Wildman–Crippen MR) is 183 cm³/mol. The highest BCUT2D eigenvalue weighted by Crippen LogP contribution is 2.60. The number of likely N-dealkylation sites (tertiary alicyclic amines) is 1. The van der Waals surface area contributed by atoms with Crippen LogP contribution in [0, 0.1) is 46.1 Å². The number of rotatable bonds is 6. The molecule has 0 spiro atoms. The van der Waals surface area contributed by atoms with E-state index in [0.29, 0.717) is 24.2 Å². The number of nitriles is 2. The maximum atomic E-state index is 17.2. The summed E-state index contributed by atoms with van der Waals surface area (Å²) in [4.78, 5) is 31.9. The van der Waals surface area contributed by atoms with E-state index in [1.54, 1.807) is 30.4 Å². The Bertz CT molecular complexity index is 2150. The lowest BCUT2D eigenvalue weighted by molar-refractivity contribution is 0.0270. The van der Waals surface area contributed by atoms with Gasteiger partial charge in [0.05, 0.1) is 33.8 Å². The standard InChI is InChI=1S/C36H37F2N7O4S/c1-35(2,3)48-33(46)42-32-19(14-40)25-18(11-12-22(37)31(25)50-32)28-27(38)30-26(23(41-28)8-7-13-39)29(43-45(30)17-9-10-17)24-20-15-44(16-21(20)24)34(47)49-36(4,5)6/h11-12,17,20-21,24H,7-10,15-16H2,1-6H3,(H,42,46). The third-order valence-electron chi connectivity index (χ3n) is 9.19. The molecule has 2 atom stereocenters. The summed E-state index contributed by atoms with van der Waals surface area (Å²) in [6, 6.07) is 6.81. The Hall–Kier alpha value is -4.82. The molecular weight excluding hydrogens is 665 g/mol. The van der Waals surface area contributed by atoms with Gasteiger partial charge in [0.1, 0.15) is 39.3 Å². The Morgan fingerprint density at radius 2 is 1.72 bits per heavy atom. The number of fused-ring (bicyclic) bond motifs is 3. The SMILES string of the molecule is CC(C)(C)OC(=O)Nc1sc2c(F)ccc(-c3nc(CCC#N)c4c(C5C6CN(C(=O)OC(C)(C)C)CC65)nn(C5CC5)c4c3F)c2c1C#N. The maximum Gasteiger partial charge on any atom is 0.412 e. The molecule has 0 bridgehead atoms. The van der Waals surface area contributed by atoms with Crippen LogP contribution in [0.15, 0.2) is 12.1 Å². The first kappa shape index (κ1) is 33.7. The third kappa shape index (κ3) is 6.00. The summed E-state index contributed by atoms with van der Waals surface area (Å²) in [5, 5.41) is 28.2. The van der Waals surface area contributed by atoms with Gasteiger partial charge in [-0.2, -0.15) is 15.6 Å². The molecule has 3 fully saturated rings. The van der Waals surface area contributed by atoms with Gasteiger partial charge in [-0.3, -0.25) is 10.00 Å². The van der Waals surface area contributed by atoms with Crippen LogP contribution in [0.25, 0.3) is 32.2 Å². The first-order valence-electron chi connectivity index (χ1n) is 16.7. The van der Waals surface area contributed by atoms with E-state index >= 15 is 8.78 Å². The van der Waals surface area contributed by atoms with Gasteiger partial charge in [-0.25, -0.2) is 23.4 Å². The molecule has 1 aliphatic heterocycles. The molecule has 1 N–H and O–H groups in total. The first-order valence-corrected chi connectivity index (χ1v) is 17.5. The van der Waals surface area contributed by atoms with Gasteiger partial charge in [0.25, 0.3) is 0 Å². The van der Waals surface area contributed by atoms with Crippen LogP contribution in [0.5, 0.6) is 0 Å². The number of nitrogens with one attached hydrogen (secondary N) is 1. The fourth-order valence-electron chi connectivity index (χ4n) is 7.02. The van der Waals surface area contributed by atoms with Gasteiger partial charge >= 0.3 is 12.2 Å². The second kappa shape index (κ2) is 11.9. The number of carbonyl (C=O) groups is 2. The van der Waals surface area contributed by atoms with Crippen molar-refractivity contribution in [3.63, 3.8) is 0 Å². The van der Waals surface area contributed by atoms with Gasteiger partial charge < -0.3 is 14.4 Å². The van der Waals surface area contributed by atoms with Crippen molar-refractivity contribution >= 4 is 49.5 Å². The van der Waals surface area contributed by atoms with Crippen LogP contribution in [0.2, 0.25) is 0 Å². The molecule has 4 heterocycles. The van der Waals surface area contributed by atoms with E-state index in [4.69, 9.17) is 19.6 Å². The Morgan fingerprint density at radius 1 is 1.04 bits per heavy atom. The third-order valence-corrected chi connectivity index (χ3v) is 10.3. The summed E-state index contributed by atoms with van der Waals surface area (Å²) < 4.78 is 45.2. The molecule has 14 heteroatoms. The number of amides is 2. The number of hydrogen-bond acceptors (Lipinski definition) is 9. The quantitative estimate of drug-likeness (QED) is 0.212. The summed E-state index contributed by atoms with van der Waals surface area (Å²) in [5.74, 6) is -1.03. The van der Waals surface area contributed by atoms with Gasteiger partial charge in [-0.15, -0.1) is 11.3 Å². The second-order valence-electron chi connectivity index (χ2n) is 15.2. The Balaban J connectivity index is 1.34. The van der Waals surface area contributed by atoms with Crippen molar-refractivity contribution < 1.29 is 27.8 Å². The Morgan fingerprint density at radius 3 is 2.32 bits per heavy atom. The van der Waals surface area contributed by atoms with Crippen LogP contribution in [-0.4, -0.2) is 56.1 Å². The van der Waals surface area contributed by atoms with Crippen LogP contribution >= 0.6 is 11.3 Å². The van der Waals surface area contributed by atoms with Crippen LogP contribution in [-0.2, 0) is 15.9 Å². The molecule has 3 aromatic heterocycles. The molecule has 50 heavy (non-hydrogen) atoms. The smallest absolute Gasteiger partial charge is 0.412 e. The number of nitrogens with zero attached hydrogens (tertiary/aromatic N) is 6. The number of benzene rings is 1. The van der Waals surface area contributed by atoms with E-state index < -0.39 is 28.9 Å². The minimum Gasteiger partial charge on any atom is -0.444 e. The highest BCUT2D eigenvalue weighted by atomic mass is 32.1. The minimum atomic E-state index is -0.813. The van der Waals surface area contributed by atoms with Crippen molar-refractivity contribution in [1.29, 1.82) is 10.5 Å². The Labute approximate surface area is 291 Å². The summed E-state index contributed by atoms with van der Waals surface area (Å²) in [5.41, 5.74) is 0.119.